The zero-order chi connectivity index (χ0) is 12.4. The minimum atomic E-state index is -0.346. The quantitative estimate of drug-likeness (QED) is 0.924. The average molecular weight is 271 g/mol. The van der Waals surface area contributed by atoms with E-state index < -0.39 is 0 Å². The van der Waals surface area contributed by atoms with Crippen molar-refractivity contribution in [3.63, 3.8) is 0 Å². The predicted molar refractivity (Wildman–Crippen MR) is 67.9 cm³/mol. The Morgan fingerprint density at radius 1 is 1.53 bits per heavy atom. The number of hydrogen-bond acceptors (Lipinski definition) is 4. The van der Waals surface area contributed by atoms with Gasteiger partial charge in [0.25, 0.3) is 5.91 Å². The molecular weight excluding hydrogens is 260 g/mol. The maximum atomic E-state index is 11.7. The fourth-order valence-corrected chi connectivity index (χ4v) is 2.22. The summed E-state index contributed by atoms with van der Waals surface area (Å²) in [6.07, 6.45) is 0. The van der Waals surface area contributed by atoms with Crippen LogP contribution in [0.1, 0.15) is 36.0 Å². The number of nitrogens with one attached hydrogen (secondary N) is 1. The Hall–Kier alpha value is -1.33. The summed E-state index contributed by atoms with van der Waals surface area (Å²) in [6, 6.07) is 3.05. The Morgan fingerprint density at radius 3 is 2.82 bits per heavy atom. The molecule has 0 radical (unpaired) electrons. The molecule has 2 rings (SSSR count). The Kier molecular flexibility index (Phi) is 3.49. The van der Waals surface area contributed by atoms with E-state index >= 15 is 0 Å². The third-order valence-corrected chi connectivity index (χ3v) is 3.11. The molecule has 2 heterocycles. The number of halogens is 1. The molecule has 0 aliphatic rings. The van der Waals surface area contributed by atoms with Crippen molar-refractivity contribution in [2.45, 2.75) is 19.8 Å². The molecule has 17 heavy (non-hydrogen) atoms. The normalized spacial score (nSPS) is 10.8. The van der Waals surface area contributed by atoms with Gasteiger partial charge in [-0.25, -0.2) is 4.98 Å². The molecule has 0 aliphatic heterocycles. The van der Waals surface area contributed by atoms with Crippen LogP contribution in [0.4, 0.5) is 5.13 Å². The van der Waals surface area contributed by atoms with Crippen molar-refractivity contribution in [3.05, 3.63) is 34.2 Å². The largest absolute Gasteiger partial charge is 0.440 e. The van der Waals surface area contributed by atoms with Crippen LogP contribution in [0.3, 0.4) is 0 Å². The smallest absolute Gasteiger partial charge is 0.293 e. The third kappa shape index (κ3) is 2.87. The van der Waals surface area contributed by atoms with Gasteiger partial charge in [0.2, 0.25) is 0 Å². The van der Waals surface area contributed by atoms with E-state index in [4.69, 9.17) is 16.0 Å². The Labute approximate surface area is 108 Å². The molecule has 0 spiro atoms. The summed E-state index contributed by atoms with van der Waals surface area (Å²) in [6.45, 7) is 4.10. The molecule has 0 aromatic carbocycles. The van der Waals surface area contributed by atoms with Gasteiger partial charge in [0.1, 0.15) is 0 Å². The average Bonchev–Trinajstić information content (AvgIpc) is 2.86. The van der Waals surface area contributed by atoms with Crippen molar-refractivity contribution < 1.29 is 9.21 Å². The van der Waals surface area contributed by atoms with Gasteiger partial charge in [-0.2, -0.15) is 0 Å². The highest BCUT2D eigenvalue weighted by Crippen LogP contribution is 2.22. The third-order valence-electron chi connectivity index (χ3n) is 2.13. The van der Waals surface area contributed by atoms with E-state index in [2.05, 4.69) is 10.3 Å². The van der Waals surface area contributed by atoms with Crippen LogP contribution in [-0.4, -0.2) is 10.9 Å². The van der Waals surface area contributed by atoms with Gasteiger partial charge in [-0.15, -0.1) is 11.3 Å². The van der Waals surface area contributed by atoms with Crippen molar-refractivity contribution in [2.75, 3.05) is 5.32 Å². The molecule has 0 fully saturated rings. The Bertz CT molecular complexity index is 533. The van der Waals surface area contributed by atoms with Gasteiger partial charge >= 0.3 is 0 Å². The molecule has 0 unspecified atom stereocenters. The van der Waals surface area contributed by atoms with E-state index in [0.29, 0.717) is 11.0 Å². The summed E-state index contributed by atoms with van der Waals surface area (Å²) in [4.78, 5) is 16.0. The molecule has 4 nitrogen and oxygen atoms in total. The molecule has 0 aliphatic carbocycles. The first-order chi connectivity index (χ1) is 8.06. The van der Waals surface area contributed by atoms with Crippen LogP contribution < -0.4 is 5.32 Å². The van der Waals surface area contributed by atoms with Gasteiger partial charge < -0.3 is 4.42 Å². The van der Waals surface area contributed by atoms with Crippen LogP contribution in [0.2, 0.25) is 5.22 Å². The number of carbonyl (C=O) groups is 1. The van der Waals surface area contributed by atoms with Crippen molar-refractivity contribution in [3.8, 4) is 0 Å². The van der Waals surface area contributed by atoms with Gasteiger partial charge in [-0.05, 0) is 29.7 Å². The zero-order valence-electron chi connectivity index (χ0n) is 9.36. The number of thiazole rings is 1. The van der Waals surface area contributed by atoms with Crippen molar-refractivity contribution in [1.82, 2.24) is 4.98 Å². The lowest BCUT2D eigenvalue weighted by Crippen LogP contribution is -2.10. The van der Waals surface area contributed by atoms with Gasteiger partial charge in [0.05, 0.1) is 5.69 Å². The second kappa shape index (κ2) is 4.89. The first-order valence-electron chi connectivity index (χ1n) is 5.08. The fourth-order valence-electron chi connectivity index (χ4n) is 1.20. The highest BCUT2D eigenvalue weighted by atomic mass is 35.5. The maximum Gasteiger partial charge on any atom is 0.293 e. The van der Waals surface area contributed by atoms with Gasteiger partial charge in [-0.1, -0.05) is 13.8 Å². The summed E-state index contributed by atoms with van der Waals surface area (Å²) in [5, 5.41) is 5.34. The van der Waals surface area contributed by atoms with Crippen LogP contribution >= 0.6 is 22.9 Å². The lowest BCUT2D eigenvalue weighted by Gasteiger charge is -1.99. The Balaban J connectivity index is 2.07. The number of hydrogen-bond donors (Lipinski definition) is 1. The van der Waals surface area contributed by atoms with Crippen molar-refractivity contribution >= 4 is 34.0 Å². The van der Waals surface area contributed by atoms with Crippen LogP contribution in [0, 0.1) is 0 Å². The molecule has 1 N–H and O–H groups in total. The Morgan fingerprint density at radius 2 is 2.29 bits per heavy atom. The molecule has 0 saturated carbocycles. The lowest BCUT2D eigenvalue weighted by atomic mass is 10.2. The molecule has 1 amide bonds. The SMILES string of the molecule is CC(C)c1csc(NC(=O)c2ccc(Cl)o2)n1. The highest BCUT2D eigenvalue weighted by Gasteiger charge is 2.13. The summed E-state index contributed by atoms with van der Waals surface area (Å²) in [5.41, 5.74) is 0.961. The standard InChI is InChI=1S/C11H11ClN2O2S/c1-6(2)7-5-17-11(13-7)14-10(15)8-3-4-9(12)16-8/h3-6H,1-2H3,(H,13,14,15). The topological polar surface area (TPSA) is 55.1 Å². The van der Waals surface area contributed by atoms with Crippen molar-refractivity contribution in [2.24, 2.45) is 0 Å². The molecule has 6 heteroatoms. The first-order valence-corrected chi connectivity index (χ1v) is 6.34. The van der Waals surface area contributed by atoms with Crippen LogP contribution in [0.25, 0.3) is 0 Å². The molecular formula is C11H11ClN2O2S. The van der Waals surface area contributed by atoms with E-state index in [-0.39, 0.29) is 16.9 Å². The minimum absolute atomic E-state index is 0.177. The lowest BCUT2D eigenvalue weighted by molar-refractivity contribution is 0.0996. The second-order valence-corrected chi connectivity index (χ2v) is 5.02. The van der Waals surface area contributed by atoms with Crippen molar-refractivity contribution in [1.29, 1.82) is 0 Å². The van der Waals surface area contributed by atoms with Gasteiger partial charge in [-0.3, -0.25) is 10.1 Å². The number of aromatic nitrogens is 1. The number of nitrogens with zero attached hydrogens (tertiary/aromatic N) is 1. The van der Waals surface area contributed by atoms with E-state index in [9.17, 15) is 4.79 Å². The number of anilines is 1. The summed E-state index contributed by atoms with van der Waals surface area (Å²) < 4.78 is 5.00. The molecule has 90 valence electrons. The molecule has 2 aromatic rings. The second-order valence-electron chi connectivity index (χ2n) is 3.79. The number of carbonyl (C=O) groups excluding carboxylic acids is 1. The highest BCUT2D eigenvalue weighted by molar-refractivity contribution is 7.14. The molecule has 0 saturated heterocycles. The van der Waals surface area contributed by atoms with Gasteiger partial charge in [0.15, 0.2) is 16.1 Å². The maximum absolute atomic E-state index is 11.7. The monoisotopic (exact) mass is 270 g/mol. The molecule has 0 atom stereocenters. The van der Waals surface area contributed by atoms with E-state index in [1.54, 1.807) is 0 Å². The minimum Gasteiger partial charge on any atom is -0.440 e. The number of amides is 1. The van der Waals surface area contributed by atoms with Crippen LogP contribution in [0.5, 0.6) is 0 Å². The molecule has 2 aromatic heterocycles. The first kappa shape index (κ1) is 12.1. The number of furan rings is 1. The summed E-state index contributed by atoms with van der Waals surface area (Å²) in [5.74, 6) is 0.174. The summed E-state index contributed by atoms with van der Waals surface area (Å²) >= 11 is 6.98. The van der Waals surface area contributed by atoms with E-state index in [1.807, 2.05) is 19.2 Å². The summed E-state index contributed by atoms with van der Waals surface area (Å²) in [7, 11) is 0. The zero-order valence-corrected chi connectivity index (χ0v) is 10.9. The van der Waals surface area contributed by atoms with Gasteiger partial charge in [0, 0.05) is 5.38 Å². The number of rotatable bonds is 3. The fraction of sp³-hybridized carbons (Fsp3) is 0.273. The van der Waals surface area contributed by atoms with Crippen LogP contribution in [-0.2, 0) is 0 Å². The van der Waals surface area contributed by atoms with Crippen LogP contribution in [0.15, 0.2) is 21.9 Å². The predicted octanol–water partition coefficient (Wildman–Crippen LogP) is 3.77. The van der Waals surface area contributed by atoms with E-state index in [1.165, 1.54) is 23.5 Å². The van der Waals surface area contributed by atoms with E-state index in [0.717, 1.165) is 5.69 Å². The molecule has 0 bridgehead atoms.